The normalized spacial score (nSPS) is 14.8. The number of amides is 2. The summed E-state index contributed by atoms with van der Waals surface area (Å²) in [4.78, 5) is 25.5. The third-order valence-electron chi connectivity index (χ3n) is 4.22. The van der Waals surface area contributed by atoms with Crippen molar-refractivity contribution in [3.63, 3.8) is 0 Å². The van der Waals surface area contributed by atoms with Gasteiger partial charge in [0.2, 0.25) is 11.7 Å². The lowest BCUT2D eigenvalue weighted by molar-refractivity contribution is -0.132. The molecule has 2 aromatic carbocycles. The molecule has 1 fully saturated rings. The number of carbonyl (C=O) groups is 2. The topological polar surface area (TPSA) is 77.1 Å². The second-order valence-corrected chi connectivity index (χ2v) is 7.85. The first kappa shape index (κ1) is 21.7. The molecule has 1 aliphatic heterocycles. The highest BCUT2D eigenvalue weighted by molar-refractivity contribution is 8.26. The summed E-state index contributed by atoms with van der Waals surface area (Å²) in [5.41, 5.74) is 4.09. The fourth-order valence-corrected chi connectivity index (χ4v) is 4.03. The molecule has 2 aromatic rings. The van der Waals surface area contributed by atoms with Crippen LogP contribution in [0.5, 0.6) is 17.2 Å². The van der Waals surface area contributed by atoms with Crippen molar-refractivity contribution < 1.29 is 23.8 Å². The van der Waals surface area contributed by atoms with E-state index in [2.05, 4.69) is 5.43 Å². The third kappa shape index (κ3) is 4.74. The van der Waals surface area contributed by atoms with E-state index in [4.69, 9.17) is 26.4 Å². The summed E-state index contributed by atoms with van der Waals surface area (Å²) in [6, 6.07) is 12.7. The summed E-state index contributed by atoms with van der Waals surface area (Å²) in [6.07, 6.45) is 1.80. The van der Waals surface area contributed by atoms with Crippen LogP contribution < -0.4 is 19.6 Å². The molecule has 7 nitrogen and oxygen atoms in total. The summed E-state index contributed by atoms with van der Waals surface area (Å²) in [5.74, 6) is 0.661. The lowest BCUT2D eigenvalue weighted by Crippen LogP contribution is -2.45. The van der Waals surface area contributed by atoms with Gasteiger partial charge in [-0.2, -0.15) is 5.01 Å². The number of hydrazine groups is 1. The monoisotopic (exact) mass is 444 g/mol. The maximum Gasteiger partial charge on any atom is 0.285 e. The van der Waals surface area contributed by atoms with Gasteiger partial charge in [-0.15, -0.1) is 0 Å². The van der Waals surface area contributed by atoms with Crippen molar-refractivity contribution in [1.29, 1.82) is 0 Å². The molecule has 156 valence electrons. The Morgan fingerprint density at radius 1 is 1.10 bits per heavy atom. The van der Waals surface area contributed by atoms with Crippen LogP contribution in [0.15, 0.2) is 47.4 Å². The molecule has 0 atom stereocenters. The molecule has 0 bridgehead atoms. The third-order valence-corrected chi connectivity index (χ3v) is 5.52. The van der Waals surface area contributed by atoms with Crippen LogP contribution in [0.2, 0.25) is 0 Å². The van der Waals surface area contributed by atoms with Crippen LogP contribution in [0.3, 0.4) is 0 Å². The zero-order chi connectivity index (χ0) is 21.7. The molecule has 9 heteroatoms. The van der Waals surface area contributed by atoms with Gasteiger partial charge >= 0.3 is 0 Å². The smallest absolute Gasteiger partial charge is 0.285 e. The molecule has 2 amide bonds. The van der Waals surface area contributed by atoms with Crippen LogP contribution in [0, 0.1) is 0 Å². The van der Waals surface area contributed by atoms with Gasteiger partial charge in [0.25, 0.3) is 5.91 Å². The number of benzene rings is 2. The number of nitrogens with zero attached hydrogens (tertiary/aromatic N) is 1. The highest BCUT2D eigenvalue weighted by atomic mass is 32.2. The van der Waals surface area contributed by atoms with Crippen molar-refractivity contribution in [3.8, 4) is 17.2 Å². The fraction of sp³-hybridized carbons (Fsp3) is 0.190. The van der Waals surface area contributed by atoms with E-state index in [1.165, 1.54) is 21.3 Å². The molecule has 0 aromatic heterocycles. The first-order chi connectivity index (χ1) is 14.5. The summed E-state index contributed by atoms with van der Waals surface area (Å²) in [7, 11) is 4.55. The number of rotatable bonds is 7. The molecule has 0 saturated carbocycles. The van der Waals surface area contributed by atoms with E-state index in [-0.39, 0.29) is 16.6 Å². The van der Waals surface area contributed by atoms with Gasteiger partial charge in [-0.1, -0.05) is 42.1 Å². The number of ether oxygens (including phenoxy) is 3. The van der Waals surface area contributed by atoms with Crippen LogP contribution in [0.25, 0.3) is 6.08 Å². The molecule has 0 unspecified atom stereocenters. The minimum Gasteiger partial charge on any atom is -0.493 e. The SMILES string of the molecule is COc1cc(/C=C2/SC(=S)N(NC(=O)Cc3ccccc3)C2=O)cc(OC)c1OC. The number of thioether (sulfide) groups is 1. The molecule has 0 aliphatic carbocycles. The molecule has 3 rings (SSSR count). The van der Waals surface area contributed by atoms with E-state index in [9.17, 15) is 9.59 Å². The second kappa shape index (κ2) is 9.64. The van der Waals surface area contributed by atoms with Gasteiger partial charge in [-0.3, -0.25) is 15.0 Å². The quantitative estimate of drug-likeness (QED) is 0.519. The summed E-state index contributed by atoms with van der Waals surface area (Å²) >= 11 is 6.38. The van der Waals surface area contributed by atoms with Crippen molar-refractivity contribution in [2.75, 3.05) is 21.3 Å². The van der Waals surface area contributed by atoms with Gasteiger partial charge in [0.1, 0.15) is 0 Å². The Bertz CT molecular complexity index is 983. The highest BCUT2D eigenvalue weighted by Crippen LogP contribution is 2.40. The van der Waals surface area contributed by atoms with Crippen LogP contribution in [-0.4, -0.2) is 42.5 Å². The molecule has 0 radical (unpaired) electrons. The second-order valence-electron chi connectivity index (χ2n) is 6.17. The van der Waals surface area contributed by atoms with Gasteiger partial charge in [0.15, 0.2) is 15.8 Å². The molecular formula is C21H20N2O5S2. The number of methoxy groups -OCH3 is 3. The molecular weight excluding hydrogens is 424 g/mol. The number of nitrogens with one attached hydrogen (secondary N) is 1. The standard InChI is InChI=1S/C21H20N2O5S2/c1-26-15-9-14(10-16(27-2)19(15)28-3)11-17-20(25)23(21(29)30-17)22-18(24)12-13-7-5-4-6-8-13/h4-11H,12H2,1-3H3,(H,22,24)/b17-11+. The van der Waals surface area contributed by atoms with Gasteiger partial charge in [0, 0.05) is 0 Å². The molecule has 1 aliphatic rings. The molecule has 1 heterocycles. The van der Waals surface area contributed by atoms with E-state index in [0.29, 0.717) is 27.7 Å². The maximum absolute atomic E-state index is 12.8. The largest absolute Gasteiger partial charge is 0.493 e. The number of hydrogen-bond donors (Lipinski definition) is 1. The first-order valence-corrected chi connectivity index (χ1v) is 10.1. The van der Waals surface area contributed by atoms with Gasteiger partial charge in [-0.05, 0) is 41.6 Å². The number of thiocarbonyl (C=S) groups is 1. The van der Waals surface area contributed by atoms with E-state index in [1.54, 1.807) is 18.2 Å². The summed E-state index contributed by atoms with van der Waals surface area (Å²) < 4.78 is 16.2. The van der Waals surface area contributed by atoms with E-state index >= 15 is 0 Å². The van der Waals surface area contributed by atoms with E-state index < -0.39 is 5.91 Å². The van der Waals surface area contributed by atoms with Crippen LogP contribution >= 0.6 is 24.0 Å². The fourth-order valence-electron chi connectivity index (χ4n) is 2.85. The number of carbonyl (C=O) groups excluding carboxylic acids is 2. The van der Waals surface area contributed by atoms with Crippen molar-refractivity contribution in [1.82, 2.24) is 10.4 Å². The zero-order valence-corrected chi connectivity index (χ0v) is 18.3. The molecule has 1 N–H and O–H groups in total. The van der Waals surface area contributed by atoms with Crippen LogP contribution in [-0.2, 0) is 16.0 Å². The Labute approximate surface area is 184 Å². The van der Waals surface area contributed by atoms with Gasteiger partial charge in [-0.25, -0.2) is 0 Å². The van der Waals surface area contributed by atoms with Gasteiger partial charge in [0.05, 0.1) is 32.7 Å². The Hall–Kier alpha value is -3.04. The average Bonchev–Trinajstić information content (AvgIpc) is 3.00. The van der Waals surface area contributed by atoms with Crippen molar-refractivity contribution in [2.24, 2.45) is 0 Å². The Morgan fingerprint density at radius 3 is 2.30 bits per heavy atom. The lowest BCUT2D eigenvalue weighted by Gasteiger charge is -2.15. The summed E-state index contributed by atoms with van der Waals surface area (Å²) in [6.45, 7) is 0. The minimum atomic E-state index is -0.403. The van der Waals surface area contributed by atoms with Crippen molar-refractivity contribution in [3.05, 3.63) is 58.5 Å². The average molecular weight is 445 g/mol. The first-order valence-electron chi connectivity index (χ1n) is 8.88. The highest BCUT2D eigenvalue weighted by Gasteiger charge is 2.33. The predicted molar refractivity (Wildman–Crippen MR) is 119 cm³/mol. The molecule has 1 saturated heterocycles. The Morgan fingerprint density at radius 2 is 1.73 bits per heavy atom. The van der Waals surface area contributed by atoms with Crippen LogP contribution in [0.1, 0.15) is 11.1 Å². The predicted octanol–water partition coefficient (Wildman–Crippen LogP) is 3.19. The minimum absolute atomic E-state index is 0.143. The zero-order valence-electron chi connectivity index (χ0n) is 16.6. The van der Waals surface area contributed by atoms with Crippen LogP contribution in [0.4, 0.5) is 0 Å². The van der Waals surface area contributed by atoms with Crippen molar-refractivity contribution >= 4 is 46.2 Å². The molecule has 30 heavy (non-hydrogen) atoms. The summed E-state index contributed by atoms with van der Waals surface area (Å²) in [5, 5.41) is 1.09. The Balaban J connectivity index is 1.78. The lowest BCUT2D eigenvalue weighted by atomic mass is 10.1. The van der Waals surface area contributed by atoms with Gasteiger partial charge < -0.3 is 14.2 Å². The molecule has 0 spiro atoms. The van der Waals surface area contributed by atoms with E-state index in [0.717, 1.165) is 22.3 Å². The van der Waals surface area contributed by atoms with Crippen molar-refractivity contribution in [2.45, 2.75) is 6.42 Å². The number of hydrogen-bond acceptors (Lipinski definition) is 7. The van der Waals surface area contributed by atoms with E-state index in [1.807, 2.05) is 30.3 Å². The maximum atomic E-state index is 12.8. The Kier molecular flexibility index (Phi) is 6.96.